The van der Waals surface area contributed by atoms with Gasteiger partial charge in [0.05, 0.1) is 17.9 Å². The van der Waals surface area contributed by atoms with Crippen molar-refractivity contribution in [2.24, 2.45) is 11.3 Å². The van der Waals surface area contributed by atoms with E-state index in [-0.39, 0.29) is 29.0 Å². The molecule has 1 fully saturated rings. The Kier molecular flexibility index (Phi) is 5.59. The highest BCUT2D eigenvalue weighted by Crippen LogP contribution is 2.39. The minimum atomic E-state index is -0.190. The van der Waals surface area contributed by atoms with Crippen molar-refractivity contribution in [3.63, 3.8) is 0 Å². The minimum Gasteiger partial charge on any atom is -0.353 e. The number of carbonyl (C=O) groups excluding carboxylic acids is 1. The summed E-state index contributed by atoms with van der Waals surface area (Å²) >= 11 is 1.54. The van der Waals surface area contributed by atoms with Gasteiger partial charge in [-0.05, 0) is 49.1 Å². The topological polar surface area (TPSA) is 81.8 Å². The van der Waals surface area contributed by atoms with Gasteiger partial charge in [-0.25, -0.2) is 9.67 Å². The third-order valence-corrected chi connectivity index (χ3v) is 7.98. The number of nitrogens with zero attached hydrogens (tertiary/aromatic N) is 4. The van der Waals surface area contributed by atoms with Crippen LogP contribution in [0.25, 0.3) is 16.7 Å². The molecule has 1 aromatic carbocycles. The maximum atomic E-state index is 13.4. The highest BCUT2D eigenvalue weighted by molar-refractivity contribution is 7.99. The number of nitrogens with one attached hydrogen (secondary N) is 1. The van der Waals surface area contributed by atoms with Crippen molar-refractivity contribution < 1.29 is 4.79 Å². The van der Waals surface area contributed by atoms with E-state index in [2.05, 4.69) is 31.2 Å². The van der Waals surface area contributed by atoms with Crippen LogP contribution in [0.2, 0.25) is 0 Å². The van der Waals surface area contributed by atoms with Gasteiger partial charge in [-0.1, -0.05) is 50.7 Å². The molecule has 8 heteroatoms. The molecule has 2 aliphatic rings. The Morgan fingerprint density at radius 1 is 1.27 bits per heavy atom. The molecule has 3 atom stereocenters. The Hall–Kier alpha value is -2.61. The van der Waals surface area contributed by atoms with Crippen LogP contribution in [0.1, 0.15) is 58.1 Å². The quantitative estimate of drug-likeness (QED) is 0.582. The lowest BCUT2D eigenvalue weighted by Crippen LogP contribution is -2.43. The molecule has 3 heterocycles. The number of hydrogen-bond acceptors (Lipinski definition) is 5. The summed E-state index contributed by atoms with van der Waals surface area (Å²) < 4.78 is 3.43. The highest BCUT2D eigenvalue weighted by Gasteiger charge is 2.34. The lowest BCUT2D eigenvalue weighted by Gasteiger charge is -2.39. The van der Waals surface area contributed by atoms with E-state index < -0.39 is 0 Å². The second kappa shape index (κ2) is 8.31. The molecule has 1 amide bonds. The minimum absolute atomic E-state index is 0.0194. The molecule has 0 saturated heterocycles. The van der Waals surface area contributed by atoms with Crippen molar-refractivity contribution in [2.75, 3.05) is 5.75 Å². The number of fused-ring (bicyclic) bond motifs is 2. The normalized spacial score (nSPS) is 24.1. The first kappa shape index (κ1) is 22.2. The van der Waals surface area contributed by atoms with E-state index in [0.717, 1.165) is 24.1 Å². The predicted octanol–water partition coefficient (Wildman–Crippen LogP) is 4.26. The molecular weight excluding hydrogens is 434 g/mol. The number of benzene rings is 1. The summed E-state index contributed by atoms with van der Waals surface area (Å²) in [6.45, 7) is 8.83. The molecule has 3 unspecified atom stereocenters. The Bertz CT molecular complexity index is 1280. The van der Waals surface area contributed by atoms with Crippen molar-refractivity contribution in [3.05, 3.63) is 46.4 Å². The average molecular weight is 466 g/mol. The molecule has 33 heavy (non-hydrogen) atoms. The van der Waals surface area contributed by atoms with Gasteiger partial charge in [0, 0.05) is 18.2 Å². The first-order valence-electron chi connectivity index (χ1n) is 11.7. The zero-order chi connectivity index (χ0) is 23.3. The number of para-hydroxylation sites is 1. The molecule has 1 saturated carbocycles. The number of amides is 1. The molecule has 7 nitrogen and oxygen atoms in total. The van der Waals surface area contributed by atoms with E-state index >= 15 is 0 Å². The molecule has 0 spiro atoms. The molecule has 3 aromatic rings. The zero-order valence-electron chi connectivity index (χ0n) is 19.7. The second-order valence-electron chi connectivity index (χ2n) is 10.5. The van der Waals surface area contributed by atoms with Gasteiger partial charge < -0.3 is 5.32 Å². The Labute approximate surface area is 198 Å². The second-order valence-corrected chi connectivity index (χ2v) is 11.5. The first-order valence-corrected chi connectivity index (χ1v) is 12.7. The van der Waals surface area contributed by atoms with Crippen LogP contribution in [0.15, 0.2) is 40.4 Å². The van der Waals surface area contributed by atoms with E-state index in [1.165, 1.54) is 18.2 Å². The van der Waals surface area contributed by atoms with Crippen LogP contribution in [-0.2, 0) is 4.79 Å². The summed E-state index contributed by atoms with van der Waals surface area (Å²) in [5.74, 6) is 1.30. The van der Waals surface area contributed by atoms with E-state index in [0.29, 0.717) is 34.3 Å². The summed E-state index contributed by atoms with van der Waals surface area (Å²) in [4.78, 5) is 31.1. The van der Waals surface area contributed by atoms with Crippen LogP contribution in [0, 0.1) is 18.3 Å². The number of aromatic nitrogens is 4. The number of hydrogen-bond donors (Lipinski definition) is 1. The van der Waals surface area contributed by atoms with E-state index in [1.807, 2.05) is 31.2 Å². The summed E-state index contributed by atoms with van der Waals surface area (Å²) in [5.41, 5.74) is 2.66. The van der Waals surface area contributed by atoms with Gasteiger partial charge in [0.25, 0.3) is 5.56 Å². The fourth-order valence-electron chi connectivity index (χ4n) is 5.71. The van der Waals surface area contributed by atoms with E-state index in [1.54, 1.807) is 15.4 Å². The number of rotatable bonds is 4. The average Bonchev–Trinajstić information content (AvgIpc) is 3.32. The molecule has 1 aliphatic heterocycles. The summed E-state index contributed by atoms with van der Waals surface area (Å²) in [6, 6.07) is 7.93. The van der Waals surface area contributed by atoms with Crippen LogP contribution < -0.4 is 10.9 Å². The van der Waals surface area contributed by atoms with Crippen molar-refractivity contribution >= 4 is 28.7 Å². The predicted molar refractivity (Wildman–Crippen MR) is 131 cm³/mol. The molecule has 1 aliphatic carbocycles. The van der Waals surface area contributed by atoms with Gasteiger partial charge in [-0.2, -0.15) is 5.10 Å². The van der Waals surface area contributed by atoms with Crippen LogP contribution in [0.4, 0.5) is 0 Å². The number of thioether (sulfide) groups is 1. The third kappa shape index (κ3) is 4.21. The number of aryl methyl sites for hydroxylation is 1. The van der Waals surface area contributed by atoms with Crippen LogP contribution >= 0.6 is 11.8 Å². The summed E-state index contributed by atoms with van der Waals surface area (Å²) in [7, 11) is 0. The fraction of sp³-hybridized carbons (Fsp3) is 0.520. The summed E-state index contributed by atoms with van der Waals surface area (Å²) in [6.07, 6.45) is 5.10. The van der Waals surface area contributed by atoms with E-state index in [9.17, 15) is 9.59 Å². The highest BCUT2D eigenvalue weighted by atomic mass is 32.2. The SMILES string of the molecule is Cc1ccccc1-n1ncc2c(=O)n3c(nc21)SCC3CC(=O)NC1CC(C)CC(C)(C)C1. The monoisotopic (exact) mass is 465 g/mol. The largest absolute Gasteiger partial charge is 0.353 e. The smallest absolute Gasteiger partial charge is 0.265 e. The molecule has 0 radical (unpaired) electrons. The van der Waals surface area contributed by atoms with Crippen LogP contribution in [-0.4, -0.2) is 37.0 Å². The van der Waals surface area contributed by atoms with Crippen molar-refractivity contribution in [1.82, 2.24) is 24.6 Å². The molecule has 0 bridgehead atoms. The molecule has 2 aromatic heterocycles. The van der Waals surface area contributed by atoms with Crippen LogP contribution in [0.3, 0.4) is 0 Å². The standard InChI is InChI=1S/C25H31N5O2S/c1-15-9-17(12-25(3,4)11-15)27-21(31)10-18-14-33-24-28-22-19(23(32)29(18)24)13-26-30(22)20-8-6-5-7-16(20)2/h5-8,13,15,17-18H,9-12,14H2,1-4H3,(H,27,31). The van der Waals surface area contributed by atoms with Gasteiger partial charge in [0.15, 0.2) is 10.8 Å². The summed E-state index contributed by atoms with van der Waals surface area (Å²) in [5, 5.41) is 8.86. The van der Waals surface area contributed by atoms with E-state index in [4.69, 9.17) is 4.98 Å². The molecule has 1 N–H and O–H groups in total. The van der Waals surface area contributed by atoms with Gasteiger partial charge in [-0.3, -0.25) is 14.2 Å². The fourth-order valence-corrected chi connectivity index (χ4v) is 6.85. The van der Waals surface area contributed by atoms with Crippen LogP contribution in [0.5, 0.6) is 0 Å². The zero-order valence-corrected chi connectivity index (χ0v) is 20.5. The number of carbonyl (C=O) groups is 1. The van der Waals surface area contributed by atoms with Gasteiger partial charge in [-0.15, -0.1) is 0 Å². The van der Waals surface area contributed by atoms with Crippen molar-refractivity contribution in [1.29, 1.82) is 0 Å². The van der Waals surface area contributed by atoms with Gasteiger partial charge >= 0.3 is 0 Å². The Morgan fingerprint density at radius 2 is 2.06 bits per heavy atom. The van der Waals surface area contributed by atoms with Crippen molar-refractivity contribution in [3.8, 4) is 5.69 Å². The Morgan fingerprint density at radius 3 is 2.82 bits per heavy atom. The molecule has 174 valence electrons. The first-order chi connectivity index (χ1) is 15.7. The maximum absolute atomic E-state index is 13.4. The molecular formula is C25H31N5O2S. The maximum Gasteiger partial charge on any atom is 0.265 e. The Balaban J connectivity index is 1.39. The third-order valence-electron chi connectivity index (χ3n) is 6.89. The molecule has 5 rings (SSSR count). The lowest BCUT2D eigenvalue weighted by molar-refractivity contribution is -0.123. The van der Waals surface area contributed by atoms with Gasteiger partial charge in [0.2, 0.25) is 5.91 Å². The van der Waals surface area contributed by atoms with Gasteiger partial charge in [0.1, 0.15) is 5.39 Å². The lowest BCUT2D eigenvalue weighted by atomic mass is 9.70. The van der Waals surface area contributed by atoms with Crippen molar-refractivity contribution in [2.45, 2.75) is 70.6 Å².